The van der Waals surface area contributed by atoms with E-state index in [1.807, 2.05) is 0 Å². The van der Waals surface area contributed by atoms with Crippen LogP contribution in [0.3, 0.4) is 0 Å². The van der Waals surface area contributed by atoms with Crippen molar-refractivity contribution < 1.29 is 14.6 Å². The van der Waals surface area contributed by atoms with E-state index >= 15 is 0 Å². The van der Waals surface area contributed by atoms with Gasteiger partial charge in [-0.1, -0.05) is 34.8 Å². The van der Waals surface area contributed by atoms with E-state index in [1.165, 1.54) is 0 Å². The predicted molar refractivity (Wildman–Crippen MR) is 51.2 cm³/mol. The van der Waals surface area contributed by atoms with Gasteiger partial charge in [-0.25, -0.2) is 0 Å². The summed E-state index contributed by atoms with van der Waals surface area (Å²) < 4.78 is 8.78. The molecule has 0 unspecified atom stereocenters. The third-order valence-corrected chi connectivity index (χ3v) is 2.39. The first-order chi connectivity index (χ1) is 5.72. The minimum atomic E-state index is -1.74. The molecule has 0 radical (unpaired) electrons. The molecule has 0 aliphatic carbocycles. The van der Waals surface area contributed by atoms with E-state index in [-0.39, 0.29) is 6.61 Å². The number of hydrogen-bond acceptors (Lipinski definition) is 3. The number of aliphatic hydroxyl groups excluding tert-OH is 1. The first kappa shape index (κ1) is 11.8. The Morgan fingerprint density at radius 3 is 2.31 bits per heavy atom. The Labute approximate surface area is 91.9 Å². The van der Waals surface area contributed by atoms with Gasteiger partial charge in [0.25, 0.3) is 0 Å². The number of aliphatic hydroxyl groups is 1. The van der Waals surface area contributed by atoms with Crippen LogP contribution in [-0.2, 0) is 9.47 Å². The smallest absolute Gasteiger partial charge is 0.218 e. The van der Waals surface area contributed by atoms with E-state index in [9.17, 15) is 5.11 Å². The van der Waals surface area contributed by atoms with E-state index in [0.29, 0.717) is 0 Å². The summed E-state index contributed by atoms with van der Waals surface area (Å²) in [4.78, 5) is 0. The highest BCUT2D eigenvalue weighted by Gasteiger charge is 2.44. The summed E-state index contributed by atoms with van der Waals surface area (Å²) in [5.41, 5.74) is 0. The largest absolute Gasteiger partial charge is 0.386 e. The molecule has 1 rings (SSSR count). The molecule has 0 aromatic rings. The molecule has 1 aliphatic heterocycles. The summed E-state index contributed by atoms with van der Waals surface area (Å²) in [7, 11) is 0. The zero-order valence-corrected chi connectivity index (χ0v) is 9.53. The fraction of sp³-hybridized carbons (Fsp3) is 1.00. The first-order valence-electron chi connectivity index (χ1n) is 3.79. The Kier molecular flexibility index (Phi) is 3.38. The van der Waals surface area contributed by atoms with Gasteiger partial charge in [0.1, 0.15) is 12.2 Å². The molecule has 1 aliphatic rings. The third-order valence-electron chi connectivity index (χ3n) is 1.72. The van der Waals surface area contributed by atoms with Crippen molar-refractivity contribution >= 4 is 34.8 Å². The van der Waals surface area contributed by atoms with Crippen LogP contribution in [0.15, 0.2) is 0 Å². The molecule has 0 spiro atoms. The van der Waals surface area contributed by atoms with Gasteiger partial charge in [-0.2, -0.15) is 0 Å². The van der Waals surface area contributed by atoms with E-state index < -0.39 is 21.8 Å². The van der Waals surface area contributed by atoms with E-state index in [1.54, 1.807) is 13.8 Å². The quantitative estimate of drug-likeness (QED) is 0.721. The van der Waals surface area contributed by atoms with Crippen molar-refractivity contribution in [3.8, 4) is 0 Å². The van der Waals surface area contributed by atoms with Crippen molar-refractivity contribution in [1.29, 1.82) is 0 Å². The Balaban J connectivity index is 2.57. The molecule has 6 heteroatoms. The molecular formula is C7H11Cl3O3. The van der Waals surface area contributed by atoms with Gasteiger partial charge in [0.15, 0.2) is 5.79 Å². The summed E-state index contributed by atoms with van der Waals surface area (Å²) in [5, 5.41) is 9.52. The van der Waals surface area contributed by atoms with Crippen LogP contribution in [0, 0.1) is 0 Å². The minimum Gasteiger partial charge on any atom is -0.386 e. The summed E-state index contributed by atoms with van der Waals surface area (Å²) >= 11 is 16.5. The molecule has 0 bridgehead atoms. The second-order valence-corrected chi connectivity index (χ2v) is 5.72. The zero-order chi connectivity index (χ0) is 10.3. The molecule has 0 aromatic carbocycles. The predicted octanol–water partition coefficient (Wildman–Crippen LogP) is 1.87. The second kappa shape index (κ2) is 3.72. The van der Waals surface area contributed by atoms with Gasteiger partial charge in [0.2, 0.25) is 3.79 Å². The number of ether oxygens (including phenoxy) is 2. The molecule has 1 fully saturated rings. The lowest BCUT2D eigenvalue weighted by molar-refractivity contribution is -0.150. The number of rotatable bonds is 1. The Hall–Kier alpha value is 0.750. The molecule has 0 aromatic heterocycles. The molecule has 2 atom stereocenters. The van der Waals surface area contributed by atoms with Gasteiger partial charge < -0.3 is 14.6 Å². The molecule has 0 amide bonds. The van der Waals surface area contributed by atoms with Gasteiger partial charge in [-0.15, -0.1) is 0 Å². The van der Waals surface area contributed by atoms with Crippen LogP contribution in [0.4, 0.5) is 0 Å². The lowest BCUT2D eigenvalue weighted by atomic mass is 10.2. The maximum atomic E-state index is 9.52. The Morgan fingerprint density at radius 1 is 1.46 bits per heavy atom. The maximum absolute atomic E-state index is 9.52. The summed E-state index contributed by atoms with van der Waals surface area (Å²) in [6.07, 6.45) is -1.78. The van der Waals surface area contributed by atoms with Gasteiger partial charge >= 0.3 is 0 Å². The minimum absolute atomic E-state index is 0.224. The molecule has 1 heterocycles. The highest BCUT2D eigenvalue weighted by Crippen LogP contribution is 2.36. The zero-order valence-electron chi connectivity index (χ0n) is 7.26. The van der Waals surface area contributed by atoms with Crippen molar-refractivity contribution in [3.63, 3.8) is 0 Å². The molecule has 3 nitrogen and oxygen atoms in total. The molecular weight excluding hydrogens is 238 g/mol. The fourth-order valence-electron chi connectivity index (χ4n) is 1.08. The maximum Gasteiger partial charge on any atom is 0.218 e. The van der Waals surface area contributed by atoms with Crippen LogP contribution in [0.2, 0.25) is 0 Å². The van der Waals surface area contributed by atoms with Crippen LogP contribution in [-0.4, -0.2) is 33.5 Å². The Morgan fingerprint density at radius 2 is 2.00 bits per heavy atom. The standard InChI is InChI=1S/C7H11Cl3O3/c1-6(2)12-3-4(13-6)5(11)7(8,9)10/h4-5,11H,3H2,1-2H3/t4-,5-/m0/s1. The fourth-order valence-corrected chi connectivity index (χ4v) is 1.50. The summed E-state index contributed by atoms with van der Waals surface area (Å²) in [5.74, 6) is -0.721. The topological polar surface area (TPSA) is 38.7 Å². The Bertz CT molecular complexity index is 190. The number of hydrogen-bond donors (Lipinski definition) is 1. The van der Waals surface area contributed by atoms with Crippen molar-refractivity contribution in [3.05, 3.63) is 0 Å². The van der Waals surface area contributed by atoms with Gasteiger partial charge in [-0.05, 0) is 13.8 Å². The SMILES string of the molecule is CC1(C)OC[C@@H]([C@H](O)C(Cl)(Cl)Cl)O1. The monoisotopic (exact) mass is 248 g/mol. The highest BCUT2D eigenvalue weighted by molar-refractivity contribution is 6.68. The lowest BCUT2D eigenvalue weighted by Gasteiger charge is -2.24. The van der Waals surface area contributed by atoms with Crippen LogP contribution < -0.4 is 0 Å². The van der Waals surface area contributed by atoms with E-state index in [0.717, 1.165) is 0 Å². The van der Waals surface area contributed by atoms with Crippen LogP contribution >= 0.6 is 34.8 Å². The van der Waals surface area contributed by atoms with Crippen LogP contribution in [0.25, 0.3) is 0 Å². The van der Waals surface area contributed by atoms with E-state index in [4.69, 9.17) is 44.3 Å². The number of halogens is 3. The van der Waals surface area contributed by atoms with Crippen LogP contribution in [0.1, 0.15) is 13.8 Å². The van der Waals surface area contributed by atoms with Crippen molar-refractivity contribution in [1.82, 2.24) is 0 Å². The van der Waals surface area contributed by atoms with Crippen molar-refractivity contribution in [2.75, 3.05) is 6.61 Å². The van der Waals surface area contributed by atoms with Gasteiger partial charge in [0, 0.05) is 0 Å². The normalized spacial score (nSPS) is 30.5. The van der Waals surface area contributed by atoms with Crippen molar-refractivity contribution in [2.24, 2.45) is 0 Å². The first-order valence-corrected chi connectivity index (χ1v) is 4.92. The lowest BCUT2D eigenvalue weighted by Crippen LogP contribution is -2.39. The molecule has 1 N–H and O–H groups in total. The second-order valence-electron chi connectivity index (χ2n) is 3.35. The average Bonchev–Trinajstić information content (AvgIpc) is 2.26. The third kappa shape index (κ3) is 3.11. The van der Waals surface area contributed by atoms with Gasteiger partial charge in [0.05, 0.1) is 6.61 Å². The average molecular weight is 250 g/mol. The molecule has 0 saturated carbocycles. The highest BCUT2D eigenvalue weighted by atomic mass is 35.6. The molecule has 13 heavy (non-hydrogen) atoms. The van der Waals surface area contributed by atoms with Crippen LogP contribution in [0.5, 0.6) is 0 Å². The molecule has 78 valence electrons. The summed E-state index contributed by atoms with van der Waals surface area (Å²) in [6, 6.07) is 0. The molecule has 1 saturated heterocycles. The summed E-state index contributed by atoms with van der Waals surface area (Å²) in [6.45, 7) is 3.69. The van der Waals surface area contributed by atoms with Gasteiger partial charge in [-0.3, -0.25) is 0 Å². The van der Waals surface area contributed by atoms with E-state index in [2.05, 4.69) is 0 Å². The number of alkyl halides is 3. The van der Waals surface area contributed by atoms with Crippen molar-refractivity contribution in [2.45, 2.75) is 35.6 Å².